The summed E-state index contributed by atoms with van der Waals surface area (Å²) in [6, 6.07) is 9.09. The topological polar surface area (TPSA) is 145 Å². The first-order valence-corrected chi connectivity index (χ1v) is 13.6. The van der Waals surface area contributed by atoms with E-state index in [1.807, 2.05) is 0 Å². The Morgan fingerprint density at radius 3 is 2.69 bits per heavy atom. The summed E-state index contributed by atoms with van der Waals surface area (Å²) in [5, 5.41) is 20.4. The van der Waals surface area contributed by atoms with Gasteiger partial charge in [0.05, 0.1) is 17.2 Å². The second kappa shape index (κ2) is 13.6. The van der Waals surface area contributed by atoms with Crippen molar-refractivity contribution in [3.05, 3.63) is 70.9 Å². The van der Waals surface area contributed by atoms with Crippen LogP contribution in [0.25, 0.3) is 10.8 Å². The highest BCUT2D eigenvalue weighted by Crippen LogP contribution is 2.50. The van der Waals surface area contributed by atoms with Gasteiger partial charge in [-0.3, -0.25) is 5.32 Å². The van der Waals surface area contributed by atoms with E-state index in [-0.39, 0.29) is 49.6 Å². The Kier molecular flexibility index (Phi) is 9.96. The summed E-state index contributed by atoms with van der Waals surface area (Å²) in [6.07, 6.45) is 1.64. The minimum atomic E-state index is -0.879. The molecule has 0 radical (unpaired) electrons. The van der Waals surface area contributed by atoms with Gasteiger partial charge in [0.15, 0.2) is 0 Å². The number of aliphatic hydroxyl groups is 1. The molecule has 1 fully saturated rings. The van der Waals surface area contributed by atoms with Crippen LogP contribution in [0.1, 0.15) is 18.4 Å². The van der Waals surface area contributed by atoms with Crippen LogP contribution in [0.2, 0.25) is 5.02 Å². The molecule has 14 heteroatoms. The lowest BCUT2D eigenvalue weighted by atomic mass is 10.1. The molecule has 0 bridgehead atoms. The van der Waals surface area contributed by atoms with Gasteiger partial charge in [0.2, 0.25) is 0 Å². The van der Waals surface area contributed by atoms with E-state index < -0.39 is 35.3 Å². The molecule has 1 aliphatic rings. The number of benzene rings is 2. The third kappa shape index (κ3) is 7.53. The highest BCUT2D eigenvalue weighted by molar-refractivity contribution is 6.31. The largest absolute Gasteiger partial charge is 0.447 e. The number of hydrogen-bond acceptors (Lipinski definition) is 6. The van der Waals surface area contributed by atoms with Crippen LogP contribution in [0.4, 0.5) is 29.0 Å². The average molecular weight is 605 g/mol. The summed E-state index contributed by atoms with van der Waals surface area (Å²) in [5.41, 5.74) is -0.479. The number of aromatic nitrogens is 1. The zero-order valence-electron chi connectivity index (χ0n) is 22.8. The van der Waals surface area contributed by atoms with Gasteiger partial charge in [-0.25, -0.2) is 28.1 Å². The van der Waals surface area contributed by atoms with Crippen LogP contribution < -0.4 is 21.3 Å². The van der Waals surface area contributed by atoms with Crippen molar-refractivity contribution in [3.8, 4) is 0 Å². The first-order valence-electron chi connectivity index (χ1n) is 13.2. The number of nitrogens with one attached hydrogen (secondary N) is 4. The summed E-state index contributed by atoms with van der Waals surface area (Å²) in [5.74, 6) is -0.990. The highest BCUT2D eigenvalue weighted by atomic mass is 35.5. The zero-order valence-corrected chi connectivity index (χ0v) is 23.5. The van der Waals surface area contributed by atoms with Crippen molar-refractivity contribution in [2.45, 2.75) is 24.9 Å². The molecule has 0 aliphatic heterocycles. The third-order valence-electron chi connectivity index (χ3n) is 7.18. The molecule has 5 amide bonds. The van der Waals surface area contributed by atoms with Gasteiger partial charge in [-0.1, -0.05) is 23.7 Å². The molecule has 1 unspecified atom stereocenters. The standard InChI is InChI=1S/C28H31ClF2N6O5/c1-37(26(40)35-15-18-3-2-4-22(31)24(18)29)28(13-20(28)7-8-32-25(39)33-9-10-38)16-42-27(41)36-23-12-19-11-21(30)6-5-17(19)14-34-23/h2-6,11-12,14,20,38H,7-10,13,15-16H2,1H3,(H,35,40)(H2,32,33,39)(H,34,36,41)/t20-,28?/m1/s1. The number of nitrogens with zero attached hydrogens (tertiary/aromatic N) is 2. The predicted molar refractivity (Wildman–Crippen MR) is 152 cm³/mol. The third-order valence-corrected chi connectivity index (χ3v) is 7.60. The monoisotopic (exact) mass is 604 g/mol. The molecule has 4 rings (SSSR count). The molecule has 1 aromatic heterocycles. The number of aliphatic hydroxyl groups excluding tert-OH is 1. The molecule has 1 heterocycles. The summed E-state index contributed by atoms with van der Waals surface area (Å²) in [4.78, 5) is 43.2. The van der Waals surface area contributed by atoms with Crippen molar-refractivity contribution in [2.24, 2.45) is 5.92 Å². The molecule has 42 heavy (non-hydrogen) atoms. The maximum Gasteiger partial charge on any atom is 0.412 e. The zero-order chi connectivity index (χ0) is 30.3. The lowest BCUT2D eigenvalue weighted by Gasteiger charge is -2.30. The fourth-order valence-corrected chi connectivity index (χ4v) is 4.90. The van der Waals surface area contributed by atoms with Gasteiger partial charge in [0.25, 0.3) is 0 Å². The molecule has 2 aromatic carbocycles. The average Bonchev–Trinajstić information content (AvgIpc) is 3.68. The summed E-state index contributed by atoms with van der Waals surface area (Å²) < 4.78 is 32.9. The highest BCUT2D eigenvalue weighted by Gasteiger charge is 2.59. The molecule has 0 saturated heterocycles. The van der Waals surface area contributed by atoms with E-state index in [0.717, 1.165) is 0 Å². The quantitative estimate of drug-likeness (QED) is 0.224. The number of carbonyl (C=O) groups is 3. The molecule has 0 spiro atoms. The van der Waals surface area contributed by atoms with Crippen molar-refractivity contribution < 1.29 is 33.0 Å². The minimum absolute atomic E-state index is 0.0251. The van der Waals surface area contributed by atoms with Crippen molar-refractivity contribution in [2.75, 3.05) is 38.7 Å². The second-order valence-corrected chi connectivity index (χ2v) is 10.3. The summed E-state index contributed by atoms with van der Waals surface area (Å²) >= 11 is 6.01. The second-order valence-electron chi connectivity index (χ2n) is 9.89. The normalized spacial score (nSPS) is 17.3. The number of ether oxygens (including phenoxy) is 1. The minimum Gasteiger partial charge on any atom is -0.447 e. The Balaban J connectivity index is 1.39. The number of urea groups is 2. The van der Waals surface area contributed by atoms with Crippen LogP contribution in [0, 0.1) is 17.6 Å². The molecular weight excluding hydrogens is 574 g/mol. The molecule has 1 aliphatic carbocycles. The summed E-state index contributed by atoms with van der Waals surface area (Å²) in [7, 11) is 1.56. The lowest BCUT2D eigenvalue weighted by molar-refractivity contribution is 0.0999. The van der Waals surface area contributed by atoms with Crippen LogP contribution >= 0.6 is 11.6 Å². The number of likely N-dealkylation sites (N-methyl/N-ethyl adjacent to an activating group) is 1. The Hall–Kier alpha value is -4.23. The van der Waals surface area contributed by atoms with E-state index >= 15 is 0 Å². The number of anilines is 1. The summed E-state index contributed by atoms with van der Waals surface area (Å²) in [6.45, 7) is 0.0177. The van der Waals surface area contributed by atoms with Gasteiger partial charge in [-0.15, -0.1) is 0 Å². The van der Waals surface area contributed by atoms with Gasteiger partial charge >= 0.3 is 18.2 Å². The molecule has 1 saturated carbocycles. The first kappa shape index (κ1) is 30.7. The first-order chi connectivity index (χ1) is 20.1. The Bertz CT molecular complexity index is 1460. The van der Waals surface area contributed by atoms with Crippen LogP contribution in [-0.2, 0) is 11.3 Å². The van der Waals surface area contributed by atoms with Gasteiger partial charge < -0.3 is 30.7 Å². The number of halogens is 3. The number of amides is 5. The van der Waals surface area contributed by atoms with Crippen LogP contribution in [0.3, 0.4) is 0 Å². The van der Waals surface area contributed by atoms with E-state index in [1.54, 1.807) is 19.2 Å². The smallest absolute Gasteiger partial charge is 0.412 e. The van der Waals surface area contributed by atoms with Crippen molar-refractivity contribution in [3.63, 3.8) is 0 Å². The predicted octanol–water partition coefficient (Wildman–Crippen LogP) is 4.00. The molecule has 3 aromatic rings. The Morgan fingerprint density at radius 2 is 1.90 bits per heavy atom. The van der Waals surface area contributed by atoms with E-state index in [2.05, 4.69) is 26.3 Å². The van der Waals surface area contributed by atoms with Crippen molar-refractivity contribution in [1.82, 2.24) is 25.8 Å². The number of fused-ring (bicyclic) bond motifs is 1. The Labute approximate surface area is 245 Å². The van der Waals surface area contributed by atoms with E-state index in [4.69, 9.17) is 21.4 Å². The van der Waals surface area contributed by atoms with Crippen molar-refractivity contribution >= 4 is 46.3 Å². The van der Waals surface area contributed by atoms with Crippen LogP contribution in [-0.4, -0.2) is 72.0 Å². The SMILES string of the molecule is CN(C(=O)NCc1cccc(F)c1Cl)C1(COC(=O)Nc2cc3cc(F)ccc3cn2)C[C@H]1CCNC(=O)NCCO. The molecule has 2 atom stereocenters. The van der Waals surface area contributed by atoms with Gasteiger partial charge in [-0.2, -0.15) is 0 Å². The molecule has 5 N–H and O–H groups in total. The van der Waals surface area contributed by atoms with Gasteiger partial charge in [0, 0.05) is 38.3 Å². The number of hydrogen-bond donors (Lipinski definition) is 5. The Morgan fingerprint density at radius 1 is 1.12 bits per heavy atom. The van der Waals surface area contributed by atoms with E-state index in [9.17, 15) is 23.2 Å². The van der Waals surface area contributed by atoms with Gasteiger partial charge in [-0.05, 0) is 60.0 Å². The fourth-order valence-electron chi connectivity index (χ4n) is 4.70. The number of carbonyl (C=O) groups excluding carboxylic acids is 3. The van der Waals surface area contributed by atoms with Gasteiger partial charge in [0.1, 0.15) is 24.1 Å². The molecular formula is C28H31ClF2N6O5. The van der Waals surface area contributed by atoms with Crippen LogP contribution in [0.15, 0.2) is 48.7 Å². The number of pyridine rings is 1. The number of rotatable bonds is 11. The van der Waals surface area contributed by atoms with Crippen molar-refractivity contribution in [1.29, 1.82) is 0 Å². The fraction of sp³-hybridized carbons (Fsp3) is 0.357. The lowest BCUT2D eigenvalue weighted by Crippen LogP contribution is -2.49. The van der Waals surface area contributed by atoms with E-state index in [0.29, 0.717) is 29.2 Å². The maximum atomic E-state index is 13.8. The van der Waals surface area contributed by atoms with E-state index in [1.165, 1.54) is 41.4 Å². The van der Waals surface area contributed by atoms with Crippen LogP contribution in [0.5, 0.6) is 0 Å². The maximum absolute atomic E-state index is 13.8. The molecule has 11 nitrogen and oxygen atoms in total. The molecule has 224 valence electrons.